The quantitative estimate of drug-likeness (QED) is 0.451. The number of hydrogen-bond donors (Lipinski definition) is 0. The second kappa shape index (κ2) is 3.19. The van der Waals surface area contributed by atoms with Gasteiger partial charge < -0.3 is 4.74 Å². The third-order valence-electron chi connectivity index (χ3n) is 1.71. The minimum absolute atomic E-state index is 0.0124. The number of rotatable bonds is 3. The van der Waals surface area contributed by atoms with Crippen LogP contribution in [0.25, 0.3) is 0 Å². The number of ether oxygens (including phenoxy) is 1. The summed E-state index contributed by atoms with van der Waals surface area (Å²) in [6.07, 6.45) is 4.82. The summed E-state index contributed by atoms with van der Waals surface area (Å²) in [5.74, 6) is -0.146. The largest absolute Gasteiger partial charge is 0.368 e. The first-order valence-electron chi connectivity index (χ1n) is 3.53. The smallest absolute Gasteiger partial charge is 0.248 e. The molecule has 0 N–H and O–H groups in total. The van der Waals surface area contributed by atoms with Crippen molar-refractivity contribution < 1.29 is 13.5 Å². The van der Waals surface area contributed by atoms with E-state index in [0.29, 0.717) is 6.61 Å². The van der Waals surface area contributed by atoms with Gasteiger partial charge in [0.2, 0.25) is 5.92 Å². The Kier molecular flexibility index (Phi) is 2.45. The lowest BCUT2D eigenvalue weighted by atomic mass is 9.82. The third kappa shape index (κ3) is 2.47. The fourth-order valence-electron chi connectivity index (χ4n) is 1.19. The Morgan fingerprint density at radius 1 is 1.55 bits per heavy atom. The SMILES string of the molecule is C#CCOCC1CC(F)(F)C1. The van der Waals surface area contributed by atoms with Crippen molar-refractivity contribution in [2.45, 2.75) is 18.8 Å². The summed E-state index contributed by atoms with van der Waals surface area (Å²) in [6.45, 7) is 0.599. The van der Waals surface area contributed by atoms with Gasteiger partial charge in [-0.15, -0.1) is 6.42 Å². The maximum absolute atomic E-state index is 12.2. The van der Waals surface area contributed by atoms with E-state index in [1.165, 1.54) is 0 Å². The molecule has 1 aliphatic carbocycles. The van der Waals surface area contributed by atoms with Crippen LogP contribution < -0.4 is 0 Å². The van der Waals surface area contributed by atoms with E-state index in [-0.39, 0.29) is 25.4 Å². The molecular formula is C8H10F2O. The minimum Gasteiger partial charge on any atom is -0.368 e. The van der Waals surface area contributed by atoms with Crippen molar-refractivity contribution in [3.8, 4) is 12.3 Å². The van der Waals surface area contributed by atoms with E-state index in [4.69, 9.17) is 11.2 Å². The van der Waals surface area contributed by atoms with Crippen LogP contribution in [0, 0.1) is 18.3 Å². The average Bonchev–Trinajstić information content (AvgIpc) is 1.84. The lowest BCUT2D eigenvalue weighted by Crippen LogP contribution is -2.37. The zero-order chi connectivity index (χ0) is 8.32. The first-order valence-corrected chi connectivity index (χ1v) is 3.53. The molecule has 1 nitrogen and oxygen atoms in total. The Morgan fingerprint density at radius 3 is 2.64 bits per heavy atom. The molecule has 0 aliphatic heterocycles. The summed E-state index contributed by atoms with van der Waals surface area (Å²) < 4.78 is 29.3. The molecule has 1 rings (SSSR count). The third-order valence-corrected chi connectivity index (χ3v) is 1.71. The maximum atomic E-state index is 12.2. The van der Waals surface area contributed by atoms with Gasteiger partial charge in [0, 0.05) is 12.8 Å². The minimum atomic E-state index is -2.44. The summed E-state index contributed by atoms with van der Waals surface area (Å²) in [6, 6.07) is 0. The molecule has 62 valence electrons. The zero-order valence-electron chi connectivity index (χ0n) is 6.15. The van der Waals surface area contributed by atoms with Gasteiger partial charge in [0.1, 0.15) is 6.61 Å². The van der Waals surface area contributed by atoms with E-state index in [0.717, 1.165) is 0 Å². The second-order valence-corrected chi connectivity index (χ2v) is 2.85. The summed E-state index contributed by atoms with van der Waals surface area (Å²) in [5, 5.41) is 0. The van der Waals surface area contributed by atoms with Gasteiger partial charge in [-0.2, -0.15) is 0 Å². The van der Waals surface area contributed by atoms with Gasteiger partial charge in [0.05, 0.1) is 6.61 Å². The van der Waals surface area contributed by atoms with E-state index in [1.807, 2.05) is 0 Å². The molecule has 1 aliphatic rings. The molecule has 0 aromatic rings. The molecule has 0 aromatic carbocycles. The summed E-state index contributed by atoms with van der Waals surface area (Å²) in [4.78, 5) is 0. The lowest BCUT2D eigenvalue weighted by molar-refractivity contribution is -0.126. The summed E-state index contributed by atoms with van der Waals surface area (Å²) >= 11 is 0. The molecule has 0 unspecified atom stereocenters. The molecule has 0 spiro atoms. The van der Waals surface area contributed by atoms with Crippen molar-refractivity contribution in [2.75, 3.05) is 13.2 Å². The molecule has 0 radical (unpaired) electrons. The molecule has 0 atom stereocenters. The van der Waals surface area contributed by atoms with Crippen LogP contribution in [0.1, 0.15) is 12.8 Å². The van der Waals surface area contributed by atoms with Gasteiger partial charge in [-0.05, 0) is 5.92 Å². The molecule has 11 heavy (non-hydrogen) atoms. The molecule has 0 aromatic heterocycles. The zero-order valence-corrected chi connectivity index (χ0v) is 6.15. The normalized spacial score (nSPS) is 22.3. The molecular weight excluding hydrogens is 150 g/mol. The van der Waals surface area contributed by atoms with Crippen LogP contribution >= 0.6 is 0 Å². The highest BCUT2D eigenvalue weighted by molar-refractivity contribution is 4.87. The van der Waals surface area contributed by atoms with Gasteiger partial charge in [-0.1, -0.05) is 5.92 Å². The van der Waals surface area contributed by atoms with Crippen molar-refractivity contribution in [2.24, 2.45) is 5.92 Å². The number of halogens is 2. The molecule has 0 saturated heterocycles. The summed E-state index contributed by atoms with van der Waals surface area (Å²) in [5.41, 5.74) is 0. The van der Waals surface area contributed by atoms with Crippen molar-refractivity contribution >= 4 is 0 Å². The molecule has 0 bridgehead atoms. The first-order chi connectivity index (χ1) is 5.14. The predicted molar refractivity (Wildman–Crippen MR) is 37.3 cm³/mol. The Hall–Kier alpha value is -0.620. The predicted octanol–water partition coefficient (Wildman–Crippen LogP) is 1.68. The van der Waals surface area contributed by atoms with E-state index in [2.05, 4.69) is 5.92 Å². The topological polar surface area (TPSA) is 9.23 Å². The fourth-order valence-corrected chi connectivity index (χ4v) is 1.19. The van der Waals surface area contributed by atoms with E-state index >= 15 is 0 Å². The number of alkyl halides is 2. The van der Waals surface area contributed by atoms with Crippen molar-refractivity contribution in [1.29, 1.82) is 0 Å². The van der Waals surface area contributed by atoms with Crippen LogP contribution in [0.4, 0.5) is 8.78 Å². The van der Waals surface area contributed by atoms with E-state index in [1.54, 1.807) is 0 Å². The monoisotopic (exact) mass is 160 g/mol. The van der Waals surface area contributed by atoms with Gasteiger partial charge in [-0.3, -0.25) is 0 Å². The van der Waals surface area contributed by atoms with Gasteiger partial charge in [-0.25, -0.2) is 8.78 Å². The lowest BCUT2D eigenvalue weighted by Gasteiger charge is -2.34. The van der Waals surface area contributed by atoms with Crippen LogP contribution in [0.15, 0.2) is 0 Å². The Morgan fingerprint density at radius 2 is 2.18 bits per heavy atom. The van der Waals surface area contributed by atoms with Crippen molar-refractivity contribution in [1.82, 2.24) is 0 Å². The standard InChI is InChI=1S/C8H10F2O/c1-2-3-11-6-7-4-8(9,10)5-7/h1,7H,3-6H2. The van der Waals surface area contributed by atoms with Crippen molar-refractivity contribution in [3.05, 3.63) is 0 Å². The second-order valence-electron chi connectivity index (χ2n) is 2.85. The van der Waals surface area contributed by atoms with Gasteiger partial charge in [0.15, 0.2) is 0 Å². The highest BCUT2D eigenvalue weighted by Crippen LogP contribution is 2.42. The number of terminal acetylenes is 1. The van der Waals surface area contributed by atoms with Gasteiger partial charge in [0.25, 0.3) is 0 Å². The van der Waals surface area contributed by atoms with Crippen LogP contribution in [0.2, 0.25) is 0 Å². The maximum Gasteiger partial charge on any atom is 0.248 e. The van der Waals surface area contributed by atoms with Crippen LogP contribution in [0.3, 0.4) is 0 Å². The average molecular weight is 160 g/mol. The van der Waals surface area contributed by atoms with E-state index < -0.39 is 5.92 Å². The Bertz CT molecular complexity index is 163. The van der Waals surface area contributed by atoms with Crippen LogP contribution in [-0.4, -0.2) is 19.1 Å². The van der Waals surface area contributed by atoms with Crippen LogP contribution in [-0.2, 0) is 4.74 Å². The molecule has 0 amide bonds. The highest BCUT2D eigenvalue weighted by Gasteiger charge is 2.44. The van der Waals surface area contributed by atoms with Crippen molar-refractivity contribution in [3.63, 3.8) is 0 Å². The Labute approximate surface area is 64.7 Å². The highest BCUT2D eigenvalue weighted by atomic mass is 19.3. The first kappa shape index (κ1) is 8.48. The van der Waals surface area contributed by atoms with E-state index in [9.17, 15) is 8.78 Å². The molecule has 1 fully saturated rings. The Balaban J connectivity index is 2.01. The van der Waals surface area contributed by atoms with Crippen LogP contribution in [0.5, 0.6) is 0 Å². The van der Waals surface area contributed by atoms with Gasteiger partial charge >= 0.3 is 0 Å². The molecule has 0 heterocycles. The fraction of sp³-hybridized carbons (Fsp3) is 0.750. The number of hydrogen-bond acceptors (Lipinski definition) is 1. The summed E-state index contributed by atoms with van der Waals surface area (Å²) in [7, 11) is 0. The molecule has 3 heteroatoms. The molecule has 1 saturated carbocycles.